The molecular weight excluding hydrogens is 420 g/mol. The zero-order chi connectivity index (χ0) is 23.4. The van der Waals surface area contributed by atoms with Crippen LogP contribution in [0.25, 0.3) is 11.0 Å². The number of aromatic nitrogens is 3. The lowest BCUT2D eigenvalue weighted by molar-refractivity contribution is 0.0940. The van der Waals surface area contributed by atoms with Crippen molar-refractivity contribution in [2.24, 2.45) is 5.16 Å². The Morgan fingerprint density at radius 2 is 2.12 bits per heavy atom. The highest BCUT2D eigenvalue weighted by Gasteiger charge is 2.24. The van der Waals surface area contributed by atoms with Gasteiger partial charge in [-0.2, -0.15) is 5.10 Å². The summed E-state index contributed by atoms with van der Waals surface area (Å²) in [7, 11) is 1.62. The van der Waals surface area contributed by atoms with Gasteiger partial charge in [0, 0.05) is 18.8 Å². The van der Waals surface area contributed by atoms with Gasteiger partial charge in [0.25, 0.3) is 5.91 Å². The average molecular weight is 451 g/mol. The van der Waals surface area contributed by atoms with Crippen LogP contribution >= 0.6 is 0 Å². The first kappa shape index (κ1) is 22.6. The first-order valence-corrected chi connectivity index (χ1v) is 11.3. The van der Waals surface area contributed by atoms with Crippen molar-refractivity contribution in [3.8, 4) is 5.75 Å². The summed E-state index contributed by atoms with van der Waals surface area (Å²) in [4.78, 5) is 17.9. The van der Waals surface area contributed by atoms with Crippen molar-refractivity contribution in [3.05, 3.63) is 47.8 Å². The Morgan fingerprint density at radius 3 is 2.82 bits per heavy atom. The van der Waals surface area contributed by atoms with E-state index in [0.29, 0.717) is 12.1 Å². The van der Waals surface area contributed by atoms with E-state index in [1.54, 1.807) is 19.5 Å². The van der Waals surface area contributed by atoms with Crippen molar-refractivity contribution in [1.82, 2.24) is 20.1 Å². The minimum atomic E-state index is -0.215. The van der Waals surface area contributed by atoms with Crippen LogP contribution in [0, 0.1) is 0 Å². The number of carbonyl (C=O) groups excluding carboxylic acids is 1. The van der Waals surface area contributed by atoms with Crippen LogP contribution in [0.4, 0.5) is 5.69 Å². The second-order valence-corrected chi connectivity index (χ2v) is 8.30. The third-order valence-corrected chi connectivity index (χ3v) is 6.20. The van der Waals surface area contributed by atoms with Gasteiger partial charge in [-0.25, -0.2) is 9.67 Å². The van der Waals surface area contributed by atoms with Gasteiger partial charge in [-0.1, -0.05) is 17.3 Å². The molecule has 4 rings (SSSR count). The predicted molar refractivity (Wildman–Crippen MR) is 127 cm³/mol. The summed E-state index contributed by atoms with van der Waals surface area (Å²) >= 11 is 0. The Bertz CT molecular complexity index is 1160. The number of nitrogens with zero attached hydrogens (tertiary/aromatic N) is 4. The number of aryl methyl sites for hydroxylation is 1. The molecule has 2 heterocycles. The van der Waals surface area contributed by atoms with E-state index >= 15 is 0 Å². The fourth-order valence-corrected chi connectivity index (χ4v) is 4.25. The first-order valence-electron chi connectivity index (χ1n) is 11.3. The number of anilines is 1. The Kier molecular flexibility index (Phi) is 6.76. The minimum Gasteiger partial charge on any atom is -0.497 e. The van der Waals surface area contributed by atoms with Crippen LogP contribution in [-0.4, -0.2) is 44.7 Å². The standard InChI is InChI=1S/C24H30N6O3/c1-4-30-23-20(14-26-30)22(28-17-8-10-18(29-32)11-9-17)21(13-25-23)24(31)27-15(2)16-6-5-7-19(12-16)33-3/h5-7,12-15,17,32H,4,8-11H2,1-3H3,(H,25,28)(H,27,31)/t15-,17?/m1/s1. The van der Waals surface area contributed by atoms with Crippen molar-refractivity contribution >= 4 is 28.3 Å². The highest BCUT2D eigenvalue weighted by atomic mass is 16.5. The average Bonchev–Trinajstić information content (AvgIpc) is 3.28. The Labute approximate surface area is 192 Å². The molecule has 33 heavy (non-hydrogen) atoms. The Morgan fingerprint density at radius 1 is 1.33 bits per heavy atom. The zero-order valence-electron chi connectivity index (χ0n) is 19.2. The highest BCUT2D eigenvalue weighted by Crippen LogP contribution is 2.30. The number of hydrogen-bond donors (Lipinski definition) is 3. The molecule has 0 spiro atoms. The molecular formula is C24H30N6O3. The third-order valence-electron chi connectivity index (χ3n) is 6.20. The van der Waals surface area contributed by atoms with Crippen LogP contribution in [0.15, 0.2) is 41.8 Å². The summed E-state index contributed by atoms with van der Waals surface area (Å²) in [6.45, 7) is 4.64. The van der Waals surface area contributed by atoms with E-state index in [1.165, 1.54) is 0 Å². The number of ether oxygens (including phenoxy) is 1. The van der Waals surface area contributed by atoms with Gasteiger partial charge in [0.2, 0.25) is 0 Å². The van der Waals surface area contributed by atoms with Crippen LogP contribution in [0.3, 0.4) is 0 Å². The molecule has 174 valence electrons. The highest BCUT2D eigenvalue weighted by molar-refractivity contribution is 6.06. The van der Waals surface area contributed by atoms with E-state index in [-0.39, 0.29) is 18.0 Å². The molecule has 0 aliphatic heterocycles. The SMILES string of the molecule is CCn1ncc2c(NC3CCC(=NO)CC3)c(C(=O)N[C@H](C)c3cccc(OC)c3)cnc21. The maximum Gasteiger partial charge on any atom is 0.255 e. The fourth-order valence-electron chi connectivity index (χ4n) is 4.25. The lowest BCUT2D eigenvalue weighted by Gasteiger charge is -2.26. The fraction of sp³-hybridized carbons (Fsp3) is 0.417. The van der Waals surface area contributed by atoms with Gasteiger partial charge in [-0.15, -0.1) is 0 Å². The molecule has 9 nitrogen and oxygen atoms in total. The Hall–Kier alpha value is -3.62. The second kappa shape index (κ2) is 9.89. The molecule has 9 heteroatoms. The van der Waals surface area contributed by atoms with Crippen molar-refractivity contribution in [2.75, 3.05) is 12.4 Å². The third kappa shape index (κ3) is 4.76. The molecule has 3 N–H and O–H groups in total. The maximum atomic E-state index is 13.4. The number of pyridine rings is 1. The zero-order valence-corrected chi connectivity index (χ0v) is 19.2. The molecule has 1 atom stereocenters. The van der Waals surface area contributed by atoms with Gasteiger partial charge >= 0.3 is 0 Å². The minimum absolute atomic E-state index is 0.161. The van der Waals surface area contributed by atoms with Gasteiger partial charge in [-0.3, -0.25) is 4.79 Å². The quantitative estimate of drug-likeness (QED) is 0.368. The van der Waals surface area contributed by atoms with E-state index in [1.807, 2.05) is 42.8 Å². The summed E-state index contributed by atoms with van der Waals surface area (Å²) in [5, 5.41) is 24.3. The molecule has 1 aliphatic carbocycles. The number of benzene rings is 1. The van der Waals surface area contributed by atoms with Gasteiger partial charge in [0.1, 0.15) is 5.75 Å². The number of rotatable bonds is 7. The lowest BCUT2D eigenvalue weighted by atomic mass is 9.93. The number of methoxy groups -OCH3 is 1. The van der Waals surface area contributed by atoms with Crippen LogP contribution in [0.2, 0.25) is 0 Å². The monoisotopic (exact) mass is 450 g/mol. The van der Waals surface area contributed by atoms with Gasteiger partial charge in [-0.05, 0) is 57.2 Å². The number of hydrogen-bond acceptors (Lipinski definition) is 7. The smallest absolute Gasteiger partial charge is 0.255 e. The largest absolute Gasteiger partial charge is 0.497 e. The maximum absolute atomic E-state index is 13.4. The predicted octanol–water partition coefficient (Wildman–Crippen LogP) is 4.14. The van der Waals surface area contributed by atoms with Crippen molar-refractivity contribution in [2.45, 2.75) is 58.2 Å². The molecule has 2 aromatic heterocycles. The van der Waals surface area contributed by atoms with Crippen LogP contribution in [-0.2, 0) is 6.54 Å². The molecule has 0 saturated heterocycles. The molecule has 1 aliphatic rings. The van der Waals surface area contributed by atoms with E-state index in [4.69, 9.17) is 9.94 Å². The van der Waals surface area contributed by atoms with Gasteiger partial charge in [0.15, 0.2) is 5.65 Å². The lowest BCUT2D eigenvalue weighted by Crippen LogP contribution is -2.30. The molecule has 1 fully saturated rings. The molecule has 0 radical (unpaired) electrons. The van der Waals surface area contributed by atoms with Crippen LogP contribution in [0.5, 0.6) is 5.75 Å². The van der Waals surface area contributed by atoms with E-state index in [9.17, 15) is 4.79 Å². The van der Waals surface area contributed by atoms with Gasteiger partial charge in [0.05, 0.1) is 41.7 Å². The molecule has 1 amide bonds. The molecule has 0 bridgehead atoms. The summed E-state index contributed by atoms with van der Waals surface area (Å²) in [6.07, 6.45) is 6.49. The summed E-state index contributed by atoms with van der Waals surface area (Å²) in [6, 6.07) is 7.60. The number of oxime groups is 1. The number of nitrogens with one attached hydrogen (secondary N) is 2. The summed E-state index contributed by atoms with van der Waals surface area (Å²) < 4.78 is 7.13. The summed E-state index contributed by atoms with van der Waals surface area (Å²) in [5.74, 6) is 0.536. The van der Waals surface area contributed by atoms with Crippen LogP contribution < -0.4 is 15.4 Å². The van der Waals surface area contributed by atoms with E-state index < -0.39 is 0 Å². The Balaban J connectivity index is 1.63. The number of amides is 1. The van der Waals surface area contributed by atoms with Crippen LogP contribution in [0.1, 0.15) is 61.5 Å². The van der Waals surface area contributed by atoms with E-state index in [2.05, 4.69) is 25.9 Å². The van der Waals surface area contributed by atoms with Gasteiger partial charge < -0.3 is 20.6 Å². The normalized spacial score (nSPS) is 16.9. The first-order chi connectivity index (χ1) is 16.0. The topological polar surface area (TPSA) is 114 Å². The number of fused-ring (bicyclic) bond motifs is 1. The van der Waals surface area contributed by atoms with Crippen molar-refractivity contribution in [1.29, 1.82) is 0 Å². The summed E-state index contributed by atoms with van der Waals surface area (Å²) in [5.41, 5.74) is 3.73. The second-order valence-electron chi connectivity index (χ2n) is 8.30. The van der Waals surface area contributed by atoms with Crippen molar-refractivity contribution in [3.63, 3.8) is 0 Å². The molecule has 0 unspecified atom stereocenters. The van der Waals surface area contributed by atoms with Crippen molar-refractivity contribution < 1.29 is 14.7 Å². The molecule has 1 aromatic carbocycles. The molecule has 3 aromatic rings. The molecule has 1 saturated carbocycles. The van der Waals surface area contributed by atoms with E-state index in [0.717, 1.165) is 59.4 Å². The number of carbonyl (C=O) groups is 1.